The Balaban J connectivity index is 1.27. The summed E-state index contributed by atoms with van der Waals surface area (Å²) in [5.74, 6) is 4.11. The van der Waals surface area contributed by atoms with E-state index in [1.165, 1.54) is 16.9 Å². The fourth-order valence-corrected chi connectivity index (χ4v) is 6.08. The predicted octanol–water partition coefficient (Wildman–Crippen LogP) is 6.34. The maximum absolute atomic E-state index is 6.02. The first-order chi connectivity index (χ1) is 16.9. The van der Waals surface area contributed by atoms with Gasteiger partial charge in [0.15, 0.2) is 11.4 Å². The topological polar surface area (TPSA) is 74.7 Å². The molecule has 5 aromatic rings. The molecule has 0 N–H and O–H groups in total. The summed E-state index contributed by atoms with van der Waals surface area (Å²) in [6.45, 7) is 7.35. The van der Waals surface area contributed by atoms with Gasteiger partial charge in [0.2, 0.25) is 5.82 Å². The number of fused-ring (bicyclic) bond motifs is 5. The molecule has 0 saturated carbocycles. The first kappa shape index (κ1) is 22.1. The van der Waals surface area contributed by atoms with Gasteiger partial charge in [0.25, 0.3) is 0 Å². The molecule has 0 radical (unpaired) electrons. The van der Waals surface area contributed by atoms with Crippen LogP contribution in [-0.4, -0.2) is 26.7 Å². The molecular formula is C27H28N4O3S. The number of hydrogen-bond donors (Lipinski definition) is 0. The van der Waals surface area contributed by atoms with Crippen molar-refractivity contribution < 1.29 is 13.9 Å². The van der Waals surface area contributed by atoms with E-state index in [-0.39, 0.29) is 0 Å². The number of hydrogen-bond acceptors (Lipinski definition) is 7. The standard InChI is InChI=1S/C27H28N4O3S/c1-27(2,3)16-5-11-20-22(13-16)35-26-23(20)25-29-24(30-31(25)15-28-26)21-12-10-19(34-21)14-33-18-8-6-17(32-4)7-9-18/h6-10,12,15-16H,5,11,13-14H2,1-4H3. The highest BCUT2D eigenvalue weighted by atomic mass is 32.1. The zero-order valence-corrected chi connectivity index (χ0v) is 21.2. The summed E-state index contributed by atoms with van der Waals surface area (Å²) in [4.78, 5) is 12.1. The Morgan fingerprint density at radius 2 is 1.91 bits per heavy atom. The van der Waals surface area contributed by atoms with Crippen molar-refractivity contribution in [3.8, 4) is 23.1 Å². The highest BCUT2D eigenvalue weighted by Gasteiger charge is 2.32. The van der Waals surface area contributed by atoms with Crippen LogP contribution >= 0.6 is 11.3 Å². The Hall–Kier alpha value is -3.39. The summed E-state index contributed by atoms with van der Waals surface area (Å²) in [6.07, 6.45) is 5.13. The average molecular weight is 489 g/mol. The molecule has 0 fully saturated rings. The number of aromatic nitrogens is 4. The largest absolute Gasteiger partial charge is 0.497 e. The maximum Gasteiger partial charge on any atom is 0.217 e. The van der Waals surface area contributed by atoms with E-state index < -0.39 is 0 Å². The van der Waals surface area contributed by atoms with Crippen molar-refractivity contribution in [3.63, 3.8) is 0 Å². The normalized spacial score (nSPS) is 16.1. The molecule has 1 atom stereocenters. The van der Waals surface area contributed by atoms with Gasteiger partial charge >= 0.3 is 0 Å². The summed E-state index contributed by atoms with van der Waals surface area (Å²) in [5, 5.41) is 5.81. The molecule has 180 valence electrons. The van der Waals surface area contributed by atoms with Crippen molar-refractivity contribution in [2.24, 2.45) is 11.3 Å². The number of ether oxygens (including phenoxy) is 2. The van der Waals surface area contributed by atoms with Crippen molar-refractivity contribution in [3.05, 3.63) is 58.9 Å². The zero-order valence-electron chi connectivity index (χ0n) is 20.4. The van der Waals surface area contributed by atoms with Gasteiger partial charge in [-0.15, -0.1) is 16.4 Å². The lowest BCUT2D eigenvalue weighted by Gasteiger charge is -2.33. The van der Waals surface area contributed by atoms with Crippen LogP contribution in [0.25, 0.3) is 27.4 Å². The summed E-state index contributed by atoms with van der Waals surface area (Å²) in [7, 11) is 1.64. The van der Waals surface area contributed by atoms with Gasteiger partial charge in [-0.2, -0.15) is 0 Å². The van der Waals surface area contributed by atoms with Gasteiger partial charge in [-0.05, 0) is 72.6 Å². The van der Waals surface area contributed by atoms with E-state index in [2.05, 4.69) is 25.9 Å². The maximum atomic E-state index is 6.02. The number of furan rings is 1. The first-order valence-corrected chi connectivity index (χ1v) is 12.7. The second kappa shape index (κ2) is 8.37. The molecule has 1 unspecified atom stereocenters. The van der Waals surface area contributed by atoms with Crippen LogP contribution in [0, 0.1) is 11.3 Å². The summed E-state index contributed by atoms with van der Waals surface area (Å²) in [5.41, 5.74) is 2.56. The lowest BCUT2D eigenvalue weighted by atomic mass is 9.72. The highest BCUT2D eigenvalue weighted by molar-refractivity contribution is 7.19. The number of aryl methyl sites for hydroxylation is 1. The van der Waals surface area contributed by atoms with Crippen molar-refractivity contribution in [1.29, 1.82) is 0 Å². The van der Waals surface area contributed by atoms with Gasteiger partial charge in [0.05, 0.1) is 12.5 Å². The minimum absolute atomic E-state index is 0.312. The molecule has 6 rings (SSSR count). The molecule has 4 heterocycles. The summed E-state index contributed by atoms with van der Waals surface area (Å²) in [6, 6.07) is 11.3. The van der Waals surface area contributed by atoms with E-state index in [4.69, 9.17) is 23.9 Å². The van der Waals surface area contributed by atoms with Gasteiger partial charge in [0.1, 0.15) is 35.0 Å². The van der Waals surface area contributed by atoms with Crippen LogP contribution in [0.15, 0.2) is 47.1 Å². The van der Waals surface area contributed by atoms with Crippen molar-refractivity contribution in [2.75, 3.05) is 7.11 Å². The second-order valence-corrected chi connectivity index (χ2v) is 11.3. The van der Waals surface area contributed by atoms with E-state index >= 15 is 0 Å². The van der Waals surface area contributed by atoms with Crippen molar-refractivity contribution in [1.82, 2.24) is 19.6 Å². The van der Waals surface area contributed by atoms with Crippen LogP contribution in [0.1, 0.15) is 43.4 Å². The molecule has 8 heteroatoms. The molecule has 0 aliphatic heterocycles. The molecule has 1 aliphatic carbocycles. The molecular weight excluding hydrogens is 460 g/mol. The molecule has 1 aromatic carbocycles. The van der Waals surface area contributed by atoms with Gasteiger partial charge in [-0.3, -0.25) is 0 Å². The molecule has 0 amide bonds. The van der Waals surface area contributed by atoms with E-state index in [9.17, 15) is 0 Å². The fraction of sp³-hybridized carbons (Fsp3) is 0.370. The van der Waals surface area contributed by atoms with Crippen molar-refractivity contribution >= 4 is 27.2 Å². The molecule has 0 bridgehead atoms. The molecule has 1 aliphatic rings. The Labute approximate surface area is 207 Å². The lowest BCUT2D eigenvalue weighted by molar-refractivity contribution is 0.218. The third kappa shape index (κ3) is 4.05. The summed E-state index contributed by atoms with van der Waals surface area (Å²) < 4.78 is 18.8. The van der Waals surface area contributed by atoms with Crippen LogP contribution in [0.3, 0.4) is 0 Å². The van der Waals surface area contributed by atoms with E-state index in [1.807, 2.05) is 47.7 Å². The van der Waals surface area contributed by atoms with E-state index in [0.29, 0.717) is 35.3 Å². The van der Waals surface area contributed by atoms with Crippen molar-refractivity contribution in [2.45, 2.75) is 46.6 Å². The number of methoxy groups -OCH3 is 1. The van der Waals surface area contributed by atoms with Crippen LogP contribution < -0.4 is 9.47 Å². The monoisotopic (exact) mass is 488 g/mol. The van der Waals surface area contributed by atoms with Crippen LogP contribution in [0.4, 0.5) is 0 Å². The summed E-state index contributed by atoms with van der Waals surface area (Å²) >= 11 is 1.81. The Kier molecular flexibility index (Phi) is 5.29. The zero-order chi connectivity index (χ0) is 24.2. The number of nitrogens with zero attached hydrogens (tertiary/aromatic N) is 4. The third-order valence-electron chi connectivity index (χ3n) is 6.93. The van der Waals surface area contributed by atoms with Crippen LogP contribution in [0.5, 0.6) is 11.5 Å². The van der Waals surface area contributed by atoms with Gasteiger partial charge < -0.3 is 13.9 Å². The first-order valence-electron chi connectivity index (χ1n) is 11.9. The SMILES string of the molecule is COc1ccc(OCc2ccc(-c3nc4c5c6c(sc5ncn4n3)CC(C(C)(C)C)CC6)o2)cc1. The van der Waals surface area contributed by atoms with Gasteiger partial charge in [-0.25, -0.2) is 14.5 Å². The molecule has 7 nitrogen and oxygen atoms in total. The minimum atomic E-state index is 0.312. The highest BCUT2D eigenvalue weighted by Crippen LogP contribution is 2.43. The molecule has 0 saturated heterocycles. The Bertz CT molecular complexity index is 1510. The smallest absolute Gasteiger partial charge is 0.217 e. The van der Waals surface area contributed by atoms with Gasteiger partial charge in [-0.1, -0.05) is 20.8 Å². The number of benzene rings is 1. The second-order valence-electron chi connectivity index (χ2n) is 10.2. The fourth-order valence-electron chi connectivity index (χ4n) is 4.82. The minimum Gasteiger partial charge on any atom is -0.497 e. The third-order valence-corrected chi connectivity index (χ3v) is 8.10. The Morgan fingerprint density at radius 3 is 2.69 bits per heavy atom. The molecule has 4 aromatic heterocycles. The number of thiophene rings is 1. The van der Waals surface area contributed by atoms with Gasteiger partial charge in [0, 0.05) is 4.88 Å². The Morgan fingerprint density at radius 1 is 1.11 bits per heavy atom. The molecule has 35 heavy (non-hydrogen) atoms. The number of rotatable bonds is 5. The quantitative estimate of drug-likeness (QED) is 0.287. The average Bonchev–Trinajstić information content (AvgIpc) is 3.57. The van der Waals surface area contributed by atoms with E-state index in [1.54, 1.807) is 18.0 Å². The van der Waals surface area contributed by atoms with Crippen LogP contribution in [0.2, 0.25) is 0 Å². The van der Waals surface area contributed by atoms with Crippen LogP contribution in [-0.2, 0) is 19.4 Å². The van der Waals surface area contributed by atoms with E-state index in [0.717, 1.165) is 40.2 Å². The lowest BCUT2D eigenvalue weighted by Crippen LogP contribution is -2.26. The molecule has 0 spiro atoms. The predicted molar refractivity (Wildman–Crippen MR) is 136 cm³/mol.